The van der Waals surface area contributed by atoms with Crippen molar-refractivity contribution in [2.45, 2.75) is 73.8 Å². The van der Waals surface area contributed by atoms with E-state index in [4.69, 9.17) is 9.47 Å². The molecule has 1 N–H and O–H groups in total. The van der Waals surface area contributed by atoms with Crippen LogP contribution in [-0.2, 0) is 19.1 Å². The molecule has 0 fully saturated rings. The van der Waals surface area contributed by atoms with Crippen LogP contribution in [0.15, 0.2) is 42.6 Å². The van der Waals surface area contributed by atoms with Gasteiger partial charge in [-0.15, -0.1) is 0 Å². The van der Waals surface area contributed by atoms with Gasteiger partial charge in [-0.2, -0.15) is 0 Å². The molecule has 8 heteroatoms. The van der Waals surface area contributed by atoms with Crippen molar-refractivity contribution in [3.8, 4) is 11.1 Å². The van der Waals surface area contributed by atoms with Crippen LogP contribution >= 0.6 is 0 Å². The first-order chi connectivity index (χ1) is 19.1. The number of amides is 1. The van der Waals surface area contributed by atoms with Gasteiger partial charge in [0.1, 0.15) is 17.3 Å². The molecule has 1 amide bonds. The van der Waals surface area contributed by atoms with Crippen molar-refractivity contribution in [3.63, 3.8) is 0 Å². The number of ether oxygens (including phenoxy) is 2. The molecule has 0 aliphatic heterocycles. The van der Waals surface area contributed by atoms with E-state index in [1.165, 1.54) is 0 Å². The molecule has 0 aliphatic rings. The minimum absolute atomic E-state index is 0. The first-order valence-electron chi connectivity index (χ1n) is 14.2. The highest BCUT2D eigenvalue weighted by Crippen LogP contribution is 2.20. The van der Waals surface area contributed by atoms with Crippen LogP contribution < -0.4 is 5.32 Å². The van der Waals surface area contributed by atoms with Crippen LogP contribution in [0.3, 0.4) is 0 Å². The number of Topliss-reactive ketones (excluding diaryl/α,β-unsaturated/α-hetero) is 3. The molecule has 0 atom stereocenters. The van der Waals surface area contributed by atoms with Gasteiger partial charge in [-0.25, -0.2) is 0 Å². The first-order valence-corrected chi connectivity index (χ1v) is 14.2. The van der Waals surface area contributed by atoms with Gasteiger partial charge in [0.15, 0.2) is 5.78 Å². The number of pyridine rings is 1. The zero-order valence-electron chi connectivity index (χ0n) is 25.1. The first kappa shape index (κ1) is 34.8. The van der Waals surface area contributed by atoms with Gasteiger partial charge in [-0.1, -0.05) is 78.8 Å². The van der Waals surface area contributed by atoms with Gasteiger partial charge >= 0.3 is 0 Å². The molecule has 2 aromatic rings. The summed E-state index contributed by atoms with van der Waals surface area (Å²) < 4.78 is 11.3. The van der Waals surface area contributed by atoms with E-state index in [1.807, 2.05) is 60.6 Å². The number of rotatable bonds is 17. The smallest absolute Gasteiger partial charge is 0.270 e. The molecule has 1 aromatic carbocycles. The zero-order valence-corrected chi connectivity index (χ0v) is 25.1. The van der Waals surface area contributed by atoms with Gasteiger partial charge in [0.25, 0.3) is 5.91 Å². The third-order valence-corrected chi connectivity index (χ3v) is 6.10. The van der Waals surface area contributed by atoms with E-state index in [0.29, 0.717) is 24.8 Å². The molecule has 0 saturated carbocycles. The van der Waals surface area contributed by atoms with Crippen LogP contribution in [0.2, 0.25) is 0 Å². The Hall–Kier alpha value is -3.23. The molecular weight excluding hydrogens is 508 g/mol. The Morgan fingerprint density at radius 3 is 1.73 bits per heavy atom. The summed E-state index contributed by atoms with van der Waals surface area (Å²) in [6.07, 6.45) is 2.67. The third kappa shape index (κ3) is 12.3. The van der Waals surface area contributed by atoms with E-state index in [0.717, 1.165) is 11.1 Å². The number of aromatic nitrogens is 1. The van der Waals surface area contributed by atoms with E-state index in [9.17, 15) is 19.2 Å². The van der Waals surface area contributed by atoms with Gasteiger partial charge in [-0.3, -0.25) is 24.2 Å². The summed E-state index contributed by atoms with van der Waals surface area (Å²) in [4.78, 5) is 52.7. The molecule has 0 radical (unpaired) electrons. The highest BCUT2D eigenvalue weighted by molar-refractivity contribution is 5.96. The van der Waals surface area contributed by atoms with E-state index in [-0.39, 0.29) is 68.6 Å². The lowest BCUT2D eigenvalue weighted by atomic mass is 10.0. The lowest BCUT2D eigenvalue weighted by Crippen LogP contribution is -2.42. The fraction of sp³-hybridized carbons (Fsp3) is 0.531. The zero-order chi connectivity index (χ0) is 30.1. The molecule has 222 valence electrons. The summed E-state index contributed by atoms with van der Waals surface area (Å²) in [6.45, 7) is 14.0. The minimum atomic E-state index is -0.476. The predicted octanol–water partition coefficient (Wildman–Crippen LogP) is 5.98. The minimum Gasteiger partial charge on any atom is -0.379 e. The number of nitrogens with zero attached hydrogens (tertiary/aromatic N) is 1. The molecule has 8 nitrogen and oxygen atoms in total. The number of hydrogen-bond acceptors (Lipinski definition) is 7. The van der Waals surface area contributed by atoms with E-state index in [2.05, 4.69) is 10.3 Å². The molecule has 1 aromatic heterocycles. The normalized spacial score (nSPS) is 10.8. The highest BCUT2D eigenvalue weighted by atomic mass is 16.5. The quantitative estimate of drug-likeness (QED) is 0.189. The van der Waals surface area contributed by atoms with Gasteiger partial charge in [0.05, 0.1) is 32.5 Å². The van der Waals surface area contributed by atoms with Crippen molar-refractivity contribution in [1.29, 1.82) is 0 Å². The lowest BCUT2D eigenvalue weighted by molar-refractivity contribution is -0.123. The summed E-state index contributed by atoms with van der Waals surface area (Å²) in [7, 11) is 0. The number of ketones is 3. The lowest BCUT2D eigenvalue weighted by Gasteiger charge is -2.19. The van der Waals surface area contributed by atoms with Crippen LogP contribution in [-0.4, -0.2) is 60.7 Å². The van der Waals surface area contributed by atoms with Crippen LogP contribution in [0.5, 0.6) is 0 Å². The van der Waals surface area contributed by atoms with Crippen molar-refractivity contribution in [2.75, 3.05) is 26.4 Å². The van der Waals surface area contributed by atoms with Gasteiger partial charge in [0, 0.05) is 49.8 Å². The van der Waals surface area contributed by atoms with Crippen LogP contribution in [0.25, 0.3) is 11.1 Å². The van der Waals surface area contributed by atoms with Gasteiger partial charge in [0.2, 0.25) is 0 Å². The van der Waals surface area contributed by atoms with Crippen LogP contribution in [0.1, 0.15) is 90.0 Å². The van der Waals surface area contributed by atoms with E-state index in [1.54, 1.807) is 30.5 Å². The summed E-state index contributed by atoms with van der Waals surface area (Å²) in [6, 6.07) is 10.3. The van der Waals surface area contributed by atoms with E-state index >= 15 is 0 Å². The molecule has 0 bridgehead atoms. The molecule has 2 rings (SSSR count). The van der Waals surface area contributed by atoms with Crippen molar-refractivity contribution >= 4 is 23.3 Å². The Morgan fingerprint density at radius 2 is 1.30 bits per heavy atom. The highest BCUT2D eigenvalue weighted by Gasteiger charge is 2.17. The summed E-state index contributed by atoms with van der Waals surface area (Å²) in [5.41, 5.74) is 2.62. The molecular formula is C32H48N2O6. The maximum atomic E-state index is 12.9. The Balaban J connectivity index is 0.00000521. The largest absolute Gasteiger partial charge is 0.379 e. The fourth-order valence-electron chi connectivity index (χ4n) is 3.52. The maximum absolute atomic E-state index is 12.9. The number of carbonyl (C=O) groups is 4. The number of hydrogen-bond donors (Lipinski definition) is 1. The molecule has 40 heavy (non-hydrogen) atoms. The Labute approximate surface area is 240 Å². The van der Waals surface area contributed by atoms with E-state index < -0.39 is 6.04 Å². The van der Waals surface area contributed by atoms with Crippen molar-refractivity contribution < 1.29 is 30.1 Å². The summed E-state index contributed by atoms with van der Waals surface area (Å²) >= 11 is 0. The maximum Gasteiger partial charge on any atom is 0.270 e. The number of nitrogens with one attached hydrogen (secondary N) is 1. The average Bonchev–Trinajstić information content (AvgIpc) is 2.97. The molecule has 0 spiro atoms. The molecule has 0 aliphatic carbocycles. The van der Waals surface area contributed by atoms with Gasteiger partial charge < -0.3 is 14.8 Å². The average molecular weight is 557 g/mol. The Bertz CT molecular complexity index is 1040. The standard InChI is InChI=1S/C30H40N2O6.C2H6.H2/c1-6-27(33)23-9-7-22(8-10-23)24-11-12-26(31-17-24)30(36)32-25(18-37-15-13-28(34)20(2)3)19-38-16-14-29(35)21(4)5;1-2;/h7-12,17,20-21,25H,6,13-16,18-19H2,1-5H3,(H,32,36);1-2H3;1H. The summed E-state index contributed by atoms with van der Waals surface area (Å²) in [5.74, 6) is -0.172. The topological polar surface area (TPSA) is 112 Å². The molecule has 1 heterocycles. The van der Waals surface area contributed by atoms with Crippen molar-refractivity contribution in [3.05, 3.63) is 53.9 Å². The van der Waals surface area contributed by atoms with Crippen molar-refractivity contribution in [2.24, 2.45) is 11.8 Å². The summed E-state index contributed by atoms with van der Waals surface area (Å²) in [5, 5.41) is 2.88. The number of benzene rings is 1. The Morgan fingerprint density at radius 1 is 0.800 bits per heavy atom. The second-order valence-corrected chi connectivity index (χ2v) is 9.85. The fourth-order valence-corrected chi connectivity index (χ4v) is 3.52. The van der Waals surface area contributed by atoms with Crippen LogP contribution in [0.4, 0.5) is 0 Å². The molecule has 0 saturated heterocycles. The second-order valence-electron chi connectivity index (χ2n) is 9.85. The monoisotopic (exact) mass is 556 g/mol. The number of carbonyl (C=O) groups excluding carboxylic acids is 4. The third-order valence-electron chi connectivity index (χ3n) is 6.10. The van der Waals surface area contributed by atoms with Gasteiger partial charge in [-0.05, 0) is 11.6 Å². The SMILES string of the molecule is CC.CCC(=O)c1ccc(-c2ccc(C(=O)NC(COCCC(=O)C(C)C)COCCC(=O)C(C)C)nc2)cc1.[HH]. The Kier molecular flexibility index (Phi) is 16.5. The van der Waals surface area contributed by atoms with Crippen LogP contribution in [0, 0.1) is 11.8 Å². The second kappa shape index (κ2) is 19.0. The predicted molar refractivity (Wildman–Crippen MR) is 160 cm³/mol. The van der Waals surface area contributed by atoms with Crippen molar-refractivity contribution in [1.82, 2.24) is 10.3 Å². The molecule has 0 unspecified atom stereocenters.